The molecular weight excluding hydrogens is 280 g/mol. The number of alkyl carbamates (subject to hydrolysis) is 1. The first-order chi connectivity index (χ1) is 10.7. The molecule has 22 heavy (non-hydrogen) atoms. The number of piperidine rings is 1. The molecule has 0 radical (unpaired) electrons. The summed E-state index contributed by atoms with van der Waals surface area (Å²) < 4.78 is 5.27. The minimum Gasteiger partial charge on any atom is -0.445 e. The number of nitrogens with one attached hydrogen (secondary N) is 2. The van der Waals surface area contributed by atoms with Gasteiger partial charge in [0.25, 0.3) is 0 Å². The van der Waals surface area contributed by atoms with Crippen molar-refractivity contribution >= 4 is 12.0 Å². The highest BCUT2D eigenvalue weighted by Gasteiger charge is 2.24. The zero-order chi connectivity index (χ0) is 15.8. The van der Waals surface area contributed by atoms with E-state index in [-0.39, 0.29) is 12.5 Å². The largest absolute Gasteiger partial charge is 0.445 e. The van der Waals surface area contributed by atoms with Crippen molar-refractivity contribution in [3.8, 4) is 0 Å². The Labute approximate surface area is 131 Å². The molecule has 1 saturated heterocycles. The van der Waals surface area contributed by atoms with Crippen molar-refractivity contribution in [2.24, 2.45) is 0 Å². The smallest absolute Gasteiger partial charge is 0.408 e. The van der Waals surface area contributed by atoms with Gasteiger partial charge in [-0.3, -0.25) is 4.79 Å². The van der Waals surface area contributed by atoms with Crippen LogP contribution in [-0.4, -0.2) is 24.6 Å². The number of carbonyl (C=O) groups excluding carboxylic acids is 2. The molecule has 2 rings (SSSR count). The predicted molar refractivity (Wildman–Crippen MR) is 84.4 cm³/mol. The van der Waals surface area contributed by atoms with E-state index in [0.717, 1.165) is 31.2 Å². The van der Waals surface area contributed by atoms with Crippen LogP contribution in [0.25, 0.3) is 0 Å². The van der Waals surface area contributed by atoms with Crippen molar-refractivity contribution in [1.29, 1.82) is 0 Å². The minimum atomic E-state index is -0.535. The summed E-state index contributed by atoms with van der Waals surface area (Å²) >= 11 is 0. The second-order valence-electron chi connectivity index (χ2n) is 5.58. The number of carbonyl (C=O) groups is 2. The number of hydrogen-bond donors (Lipinski definition) is 2. The van der Waals surface area contributed by atoms with Crippen LogP contribution in [0.1, 0.15) is 43.7 Å². The van der Waals surface area contributed by atoms with E-state index in [1.807, 2.05) is 18.2 Å². The molecule has 1 aromatic rings. The SMILES string of the molecule is CCCCc1ccccc1COC(=O)N[C@H]1CCCNC1=O. The molecule has 2 amide bonds. The normalized spacial score (nSPS) is 17.7. The monoisotopic (exact) mass is 304 g/mol. The molecule has 1 heterocycles. The maximum atomic E-state index is 11.8. The van der Waals surface area contributed by atoms with Crippen LogP contribution >= 0.6 is 0 Å². The van der Waals surface area contributed by atoms with E-state index in [1.165, 1.54) is 5.56 Å². The zero-order valence-electron chi connectivity index (χ0n) is 13.1. The van der Waals surface area contributed by atoms with Crippen LogP contribution in [0.15, 0.2) is 24.3 Å². The molecule has 0 aliphatic carbocycles. The molecule has 1 fully saturated rings. The van der Waals surface area contributed by atoms with Gasteiger partial charge in [0.2, 0.25) is 5.91 Å². The topological polar surface area (TPSA) is 67.4 Å². The average Bonchev–Trinajstić information content (AvgIpc) is 2.54. The summed E-state index contributed by atoms with van der Waals surface area (Å²) in [5, 5.41) is 5.36. The van der Waals surface area contributed by atoms with E-state index in [9.17, 15) is 9.59 Å². The van der Waals surface area contributed by atoms with Crippen LogP contribution in [0.4, 0.5) is 4.79 Å². The summed E-state index contributed by atoms with van der Waals surface area (Å²) in [6.45, 7) is 3.07. The van der Waals surface area contributed by atoms with Gasteiger partial charge >= 0.3 is 6.09 Å². The maximum absolute atomic E-state index is 11.8. The first kappa shape index (κ1) is 16.3. The van der Waals surface area contributed by atoms with Crippen molar-refractivity contribution in [3.63, 3.8) is 0 Å². The van der Waals surface area contributed by atoms with Gasteiger partial charge in [-0.15, -0.1) is 0 Å². The molecule has 0 spiro atoms. The van der Waals surface area contributed by atoms with Crippen LogP contribution in [0.5, 0.6) is 0 Å². The third kappa shape index (κ3) is 4.76. The Kier molecular flexibility index (Phi) is 6.25. The van der Waals surface area contributed by atoms with Crippen LogP contribution < -0.4 is 10.6 Å². The minimum absolute atomic E-state index is 0.133. The molecule has 2 N–H and O–H groups in total. The van der Waals surface area contributed by atoms with Gasteiger partial charge in [-0.25, -0.2) is 4.79 Å². The molecule has 1 aromatic carbocycles. The average molecular weight is 304 g/mol. The molecule has 1 aliphatic heterocycles. The van der Waals surface area contributed by atoms with Gasteiger partial charge in [-0.2, -0.15) is 0 Å². The number of hydrogen-bond acceptors (Lipinski definition) is 3. The van der Waals surface area contributed by atoms with Gasteiger partial charge in [-0.05, 0) is 36.8 Å². The summed E-state index contributed by atoms with van der Waals surface area (Å²) in [5.41, 5.74) is 2.24. The maximum Gasteiger partial charge on any atom is 0.408 e. The Morgan fingerprint density at radius 2 is 2.14 bits per heavy atom. The number of amides is 2. The highest BCUT2D eigenvalue weighted by atomic mass is 16.5. The zero-order valence-corrected chi connectivity index (χ0v) is 13.1. The van der Waals surface area contributed by atoms with E-state index in [0.29, 0.717) is 13.0 Å². The van der Waals surface area contributed by atoms with Crippen molar-refractivity contribution in [1.82, 2.24) is 10.6 Å². The molecule has 5 nitrogen and oxygen atoms in total. The quantitative estimate of drug-likeness (QED) is 0.848. The molecule has 0 bridgehead atoms. The van der Waals surface area contributed by atoms with Crippen molar-refractivity contribution < 1.29 is 14.3 Å². The number of aryl methyl sites for hydroxylation is 1. The first-order valence-electron chi connectivity index (χ1n) is 7.98. The van der Waals surface area contributed by atoms with Gasteiger partial charge in [0.05, 0.1) is 0 Å². The van der Waals surface area contributed by atoms with Crippen molar-refractivity contribution in [3.05, 3.63) is 35.4 Å². The lowest BCUT2D eigenvalue weighted by Crippen LogP contribution is -2.50. The lowest BCUT2D eigenvalue weighted by Gasteiger charge is -2.22. The van der Waals surface area contributed by atoms with Gasteiger partial charge in [0.1, 0.15) is 12.6 Å². The first-order valence-corrected chi connectivity index (χ1v) is 7.98. The number of ether oxygens (including phenoxy) is 1. The molecule has 120 valence electrons. The fourth-order valence-corrected chi connectivity index (χ4v) is 2.55. The molecule has 0 saturated carbocycles. The molecule has 1 aliphatic rings. The number of unbranched alkanes of at least 4 members (excludes halogenated alkanes) is 1. The Bertz CT molecular complexity index is 516. The van der Waals surface area contributed by atoms with Crippen LogP contribution in [0.2, 0.25) is 0 Å². The predicted octanol–water partition coefficient (Wildman–Crippen LogP) is 2.53. The number of benzene rings is 1. The van der Waals surface area contributed by atoms with E-state index >= 15 is 0 Å². The Morgan fingerprint density at radius 1 is 1.36 bits per heavy atom. The van der Waals surface area contributed by atoms with Crippen LogP contribution in [-0.2, 0) is 22.6 Å². The highest BCUT2D eigenvalue weighted by molar-refractivity contribution is 5.86. The van der Waals surface area contributed by atoms with E-state index in [1.54, 1.807) is 0 Å². The molecule has 0 aromatic heterocycles. The third-order valence-electron chi connectivity index (χ3n) is 3.85. The van der Waals surface area contributed by atoms with Gasteiger partial charge in [0, 0.05) is 6.54 Å². The van der Waals surface area contributed by atoms with Gasteiger partial charge in [-0.1, -0.05) is 37.6 Å². The van der Waals surface area contributed by atoms with E-state index < -0.39 is 12.1 Å². The fraction of sp³-hybridized carbons (Fsp3) is 0.529. The lowest BCUT2D eigenvalue weighted by molar-refractivity contribution is -0.124. The summed E-state index contributed by atoms with van der Waals surface area (Å²) in [4.78, 5) is 23.4. The van der Waals surface area contributed by atoms with E-state index in [2.05, 4.69) is 23.6 Å². The summed E-state index contributed by atoms with van der Waals surface area (Å²) in [6, 6.07) is 7.52. The Balaban J connectivity index is 1.84. The van der Waals surface area contributed by atoms with Crippen molar-refractivity contribution in [2.45, 2.75) is 51.7 Å². The molecule has 0 unspecified atom stereocenters. The van der Waals surface area contributed by atoms with Crippen LogP contribution in [0.3, 0.4) is 0 Å². The second-order valence-corrected chi connectivity index (χ2v) is 5.58. The standard InChI is InChI=1S/C17H24N2O3/c1-2-3-7-13-8-4-5-9-14(13)12-22-17(21)19-15-10-6-11-18-16(15)20/h4-5,8-9,15H,2-3,6-7,10-12H2,1H3,(H,18,20)(H,19,21)/t15-/m0/s1. The molecule has 5 heteroatoms. The Hall–Kier alpha value is -2.04. The second kappa shape index (κ2) is 8.41. The van der Waals surface area contributed by atoms with Crippen LogP contribution in [0, 0.1) is 0 Å². The third-order valence-corrected chi connectivity index (χ3v) is 3.85. The lowest BCUT2D eigenvalue weighted by atomic mass is 10.0. The fourth-order valence-electron chi connectivity index (χ4n) is 2.55. The highest BCUT2D eigenvalue weighted by Crippen LogP contribution is 2.13. The summed E-state index contributed by atoms with van der Waals surface area (Å²) in [6.07, 6.45) is 4.23. The summed E-state index contributed by atoms with van der Waals surface area (Å²) in [5.74, 6) is -0.133. The van der Waals surface area contributed by atoms with E-state index in [4.69, 9.17) is 4.74 Å². The Morgan fingerprint density at radius 3 is 2.86 bits per heavy atom. The summed E-state index contributed by atoms with van der Waals surface area (Å²) in [7, 11) is 0. The molecular formula is C17H24N2O3. The van der Waals surface area contributed by atoms with Gasteiger partial charge < -0.3 is 15.4 Å². The number of rotatable bonds is 6. The van der Waals surface area contributed by atoms with Gasteiger partial charge in [0.15, 0.2) is 0 Å². The molecule has 1 atom stereocenters. The van der Waals surface area contributed by atoms with Crippen molar-refractivity contribution in [2.75, 3.05) is 6.54 Å².